The molecule has 3 aromatic rings. The van der Waals surface area contributed by atoms with Crippen LogP contribution in [0.25, 0.3) is 0 Å². The van der Waals surface area contributed by atoms with Crippen molar-refractivity contribution in [2.24, 2.45) is 0 Å². The predicted octanol–water partition coefficient (Wildman–Crippen LogP) is 4.71. The Hall–Kier alpha value is -2.96. The average Bonchev–Trinajstić information content (AvgIpc) is 2.68. The molecule has 1 aliphatic rings. The molecule has 0 unspecified atom stereocenters. The van der Waals surface area contributed by atoms with Crippen LogP contribution in [0.3, 0.4) is 0 Å². The molecule has 0 saturated carbocycles. The van der Waals surface area contributed by atoms with Crippen LogP contribution in [0.15, 0.2) is 66.7 Å². The first-order valence-electron chi connectivity index (χ1n) is 8.56. The molecule has 0 spiro atoms. The standard InChI is InChI=1S/C21H18F2N2O2/c22-19-10-16-12-24(27-13-15-4-2-1-3-5-15)14-25(21(16)11-20(19)23)17-6-8-18(26)9-7-17/h1-11,26H,12-14H2. The van der Waals surface area contributed by atoms with Crippen LogP contribution in [0.5, 0.6) is 5.75 Å². The van der Waals surface area contributed by atoms with Gasteiger partial charge in [0.25, 0.3) is 0 Å². The number of phenolic OH excluding ortho intramolecular Hbond substituents is 1. The maximum Gasteiger partial charge on any atom is 0.160 e. The summed E-state index contributed by atoms with van der Waals surface area (Å²) in [5.74, 6) is -1.64. The van der Waals surface area contributed by atoms with E-state index in [0.717, 1.165) is 11.3 Å². The molecular formula is C21H18F2N2O2. The van der Waals surface area contributed by atoms with Gasteiger partial charge in [-0.15, -0.1) is 0 Å². The van der Waals surface area contributed by atoms with E-state index in [1.54, 1.807) is 29.3 Å². The summed E-state index contributed by atoms with van der Waals surface area (Å²) < 4.78 is 27.6. The van der Waals surface area contributed by atoms with Crippen molar-refractivity contribution in [3.63, 3.8) is 0 Å². The van der Waals surface area contributed by atoms with E-state index in [2.05, 4.69) is 0 Å². The van der Waals surface area contributed by atoms with Gasteiger partial charge in [0.15, 0.2) is 11.6 Å². The van der Waals surface area contributed by atoms with Gasteiger partial charge in [-0.05, 0) is 41.5 Å². The van der Waals surface area contributed by atoms with Gasteiger partial charge in [0.2, 0.25) is 0 Å². The number of fused-ring (bicyclic) bond motifs is 1. The van der Waals surface area contributed by atoms with Gasteiger partial charge in [-0.3, -0.25) is 4.84 Å². The number of rotatable bonds is 4. The molecule has 1 heterocycles. The first-order chi connectivity index (χ1) is 13.1. The SMILES string of the molecule is Oc1ccc(N2CN(OCc3ccccc3)Cc3cc(F)c(F)cc32)cc1. The molecule has 1 aliphatic heterocycles. The molecule has 0 fully saturated rings. The topological polar surface area (TPSA) is 35.9 Å². The Morgan fingerprint density at radius 1 is 0.926 bits per heavy atom. The van der Waals surface area contributed by atoms with Gasteiger partial charge >= 0.3 is 0 Å². The number of nitrogens with zero attached hydrogens (tertiary/aromatic N) is 2. The molecule has 0 radical (unpaired) electrons. The lowest BCUT2D eigenvalue weighted by Gasteiger charge is -2.37. The third kappa shape index (κ3) is 3.77. The molecule has 0 saturated heterocycles. The molecule has 4 rings (SSSR count). The van der Waals surface area contributed by atoms with Crippen LogP contribution in [0, 0.1) is 11.6 Å². The van der Waals surface area contributed by atoms with E-state index in [4.69, 9.17) is 4.84 Å². The van der Waals surface area contributed by atoms with Crippen molar-refractivity contribution in [2.75, 3.05) is 11.6 Å². The minimum atomic E-state index is -0.892. The van der Waals surface area contributed by atoms with Crippen LogP contribution >= 0.6 is 0 Å². The first-order valence-corrected chi connectivity index (χ1v) is 8.56. The van der Waals surface area contributed by atoms with Crippen LogP contribution < -0.4 is 4.90 Å². The maximum absolute atomic E-state index is 13.8. The lowest BCUT2D eigenvalue weighted by Crippen LogP contribution is -2.39. The van der Waals surface area contributed by atoms with Crippen molar-refractivity contribution in [3.05, 3.63) is 89.5 Å². The minimum Gasteiger partial charge on any atom is -0.508 e. The maximum atomic E-state index is 13.8. The molecule has 0 bridgehead atoms. The summed E-state index contributed by atoms with van der Waals surface area (Å²) in [4.78, 5) is 7.72. The number of benzene rings is 3. The summed E-state index contributed by atoms with van der Waals surface area (Å²) in [5.41, 5.74) is 2.97. The number of hydrogen-bond acceptors (Lipinski definition) is 4. The van der Waals surface area contributed by atoms with Crippen LogP contribution in [-0.2, 0) is 18.0 Å². The second kappa shape index (κ2) is 7.34. The Kier molecular flexibility index (Phi) is 4.75. The highest BCUT2D eigenvalue weighted by atomic mass is 19.2. The van der Waals surface area contributed by atoms with Crippen LogP contribution in [-0.4, -0.2) is 16.8 Å². The molecule has 0 aliphatic carbocycles. The molecule has 0 aromatic heterocycles. The Bertz CT molecular complexity index is 933. The highest BCUT2D eigenvalue weighted by Crippen LogP contribution is 2.35. The minimum absolute atomic E-state index is 0.137. The van der Waals surface area contributed by atoms with Crippen molar-refractivity contribution >= 4 is 11.4 Å². The number of halogens is 2. The first kappa shape index (κ1) is 17.5. The molecule has 4 nitrogen and oxygen atoms in total. The fourth-order valence-electron chi connectivity index (χ4n) is 3.11. The zero-order valence-corrected chi connectivity index (χ0v) is 14.5. The molecular weight excluding hydrogens is 350 g/mol. The molecule has 27 heavy (non-hydrogen) atoms. The van der Waals surface area contributed by atoms with Gasteiger partial charge in [0.05, 0.1) is 25.5 Å². The largest absolute Gasteiger partial charge is 0.508 e. The Morgan fingerprint density at radius 2 is 1.63 bits per heavy atom. The summed E-state index contributed by atoms with van der Waals surface area (Å²) >= 11 is 0. The van der Waals surface area contributed by atoms with Gasteiger partial charge in [-0.25, -0.2) is 8.78 Å². The van der Waals surface area contributed by atoms with Crippen molar-refractivity contribution < 1.29 is 18.7 Å². The van der Waals surface area contributed by atoms with E-state index in [1.807, 2.05) is 35.2 Å². The zero-order chi connectivity index (χ0) is 18.8. The van der Waals surface area contributed by atoms with E-state index in [1.165, 1.54) is 12.1 Å². The predicted molar refractivity (Wildman–Crippen MR) is 98.2 cm³/mol. The van der Waals surface area contributed by atoms with Crippen molar-refractivity contribution in [3.8, 4) is 5.75 Å². The summed E-state index contributed by atoms with van der Waals surface area (Å²) in [7, 11) is 0. The van der Waals surface area contributed by atoms with E-state index in [-0.39, 0.29) is 5.75 Å². The van der Waals surface area contributed by atoms with Crippen molar-refractivity contribution in [2.45, 2.75) is 13.2 Å². The number of anilines is 2. The molecule has 138 valence electrons. The molecule has 3 aromatic carbocycles. The van der Waals surface area contributed by atoms with E-state index < -0.39 is 11.6 Å². The third-order valence-corrected chi connectivity index (χ3v) is 4.48. The third-order valence-electron chi connectivity index (χ3n) is 4.48. The summed E-state index contributed by atoms with van der Waals surface area (Å²) in [6.07, 6.45) is 0. The Balaban J connectivity index is 1.63. The Labute approximate surface area is 155 Å². The van der Waals surface area contributed by atoms with Crippen LogP contribution in [0.4, 0.5) is 20.2 Å². The quantitative estimate of drug-likeness (QED) is 0.723. The second-order valence-electron chi connectivity index (χ2n) is 6.38. The number of hydrogen-bond donors (Lipinski definition) is 1. The number of aromatic hydroxyl groups is 1. The lowest BCUT2D eigenvalue weighted by atomic mass is 10.1. The average molecular weight is 368 g/mol. The fourth-order valence-corrected chi connectivity index (χ4v) is 3.11. The van der Waals surface area contributed by atoms with Gasteiger partial charge in [0.1, 0.15) is 5.75 Å². The summed E-state index contributed by atoms with van der Waals surface area (Å²) in [5, 5.41) is 11.2. The fraction of sp³-hybridized carbons (Fsp3) is 0.143. The molecule has 0 amide bonds. The summed E-state index contributed by atoms with van der Waals surface area (Å²) in [6, 6.07) is 18.7. The van der Waals surface area contributed by atoms with Gasteiger partial charge in [-0.2, -0.15) is 5.06 Å². The van der Waals surface area contributed by atoms with Crippen LogP contribution in [0.2, 0.25) is 0 Å². The van der Waals surface area contributed by atoms with Crippen molar-refractivity contribution in [1.82, 2.24) is 5.06 Å². The lowest BCUT2D eigenvalue weighted by molar-refractivity contribution is -0.178. The van der Waals surface area contributed by atoms with E-state index >= 15 is 0 Å². The highest BCUT2D eigenvalue weighted by Gasteiger charge is 2.26. The monoisotopic (exact) mass is 368 g/mol. The van der Waals surface area contributed by atoms with Crippen LogP contribution in [0.1, 0.15) is 11.1 Å². The van der Waals surface area contributed by atoms with Gasteiger partial charge < -0.3 is 10.0 Å². The van der Waals surface area contributed by atoms with Gasteiger partial charge in [-0.1, -0.05) is 30.3 Å². The number of hydroxylamine groups is 2. The van der Waals surface area contributed by atoms with Gasteiger partial charge in [0, 0.05) is 11.8 Å². The van der Waals surface area contributed by atoms with E-state index in [0.29, 0.717) is 31.1 Å². The van der Waals surface area contributed by atoms with E-state index in [9.17, 15) is 13.9 Å². The molecule has 6 heteroatoms. The van der Waals surface area contributed by atoms with Crippen molar-refractivity contribution in [1.29, 1.82) is 0 Å². The Morgan fingerprint density at radius 3 is 2.37 bits per heavy atom. The summed E-state index contributed by atoms with van der Waals surface area (Å²) in [6.45, 7) is 1.06. The smallest absolute Gasteiger partial charge is 0.160 e. The highest BCUT2D eigenvalue weighted by molar-refractivity contribution is 5.68. The number of phenols is 1. The zero-order valence-electron chi connectivity index (χ0n) is 14.5. The molecule has 1 N–H and O–H groups in total. The molecule has 0 atom stereocenters. The normalized spacial score (nSPS) is 14.2. The second-order valence-corrected chi connectivity index (χ2v) is 6.38.